The second-order valence-electron chi connectivity index (χ2n) is 22.6. The number of hydrogen-bond acceptors (Lipinski definition) is 27. The number of aromatic hydroxyl groups is 1. The number of benzene rings is 8. The van der Waals surface area contributed by atoms with Crippen molar-refractivity contribution in [2.24, 2.45) is 0 Å². The number of anilines is 1. The number of ether oxygens (including phenoxy) is 7. The number of non-ortho nitro benzene ring substituents is 4. The van der Waals surface area contributed by atoms with Gasteiger partial charge in [0.05, 0.1) is 114 Å². The lowest BCUT2D eigenvalue weighted by molar-refractivity contribution is -0.385. The molecule has 0 aliphatic carbocycles. The van der Waals surface area contributed by atoms with E-state index in [-0.39, 0.29) is 133 Å². The van der Waals surface area contributed by atoms with Crippen LogP contribution in [0.3, 0.4) is 0 Å². The second kappa shape index (κ2) is 47.6. The summed E-state index contributed by atoms with van der Waals surface area (Å²) in [6, 6.07) is 43.8. The van der Waals surface area contributed by atoms with Crippen molar-refractivity contribution in [3.63, 3.8) is 0 Å². The molecule has 0 spiro atoms. The number of nitro groups is 4. The number of phenolic OH excluding ortho intramolecular Hbond substituents is 1. The van der Waals surface area contributed by atoms with Gasteiger partial charge in [-0.25, -0.2) is 35.7 Å². The number of carboxylic acid groups (broad SMARTS) is 2. The Labute approximate surface area is 753 Å². The van der Waals surface area contributed by atoms with Crippen LogP contribution in [-0.2, 0) is 58.1 Å². The molecule has 37 nitrogen and oxygen atoms in total. The van der Waals surface area contributed by atoms with E-state index in [1.54, 1.807) is 60.7 Å². The zero-order valence-corrected chi connectivity index (χ0v) is 63.7. The van der Waals surface area contributed by atoms with Gasteiger partial charge in [0.25, 0.3) is 40.5 Å². The first-order valence-corrected chi connectivity index (χ1v) is 38.1. The van der Waals surface area contributed by atoms with Gasteiger partial charge < -0.3 is 59.1 Å². The molecule has 0 aromatic heterocycles. The van der Waals surface area contributed by atoms with Crippen molar-refractivity contribution in [2.45, 2.75) is 62.7 Å². The van der Waals surface area contributed by atoms with Gasteiger partial charge in [-0.2, -0.15) is 8.42 Å². The number of aliphatic carboxylic acids is 2. The standard InChI is InChI=1S/C17H14F2O3.C9H7F2NO3.C9H9F2NO.C9H9NO5.C9H7NO4.C7H5ClO2.C6H5NO3.C3H5ClO2.H2O5P2.H2O4S.28H2/c18-17(19)8-9-21-15-7-6-12(10-14(15)17)11-16(20)22-13-4-2-1-3-5-13;10-9(11)3-4-15-8-2-1-6(12(13)14)5-7(8)9;10-9(11)3-4-13-8-2-1-6(12)5-7(8)9;11-9(12)5-6-15-8-3-1-7(2-4-8)10(13)14;11-8-3-4-14-9-2-1-6(10(12)13)5-7(8)9;8-7(9)10-6-4-2-1-3-5-6;8-6-3-1-5(2-4-6)7(9)10;4-2-1-3(5)6;1-6(2)7(3,4)5;1-5(2,3)4;;;;;;;;;;;;;;;;;;;;;;;;;;;;/h1-7,10H,8-9,11H2;1-2,5H,3-4H2;1-2,5H,3-4,12H2;1-4H,5-6H2,(H,11,12);1-2,5H,3-4H2;1-5H;1-4,8H;1-2H2,(H,5,6);(H2,3,4,5);(H2,1,2,3,4);28*1H/i;;;;;;;;;;28*1+1D. The third kappa shape index (κ3) is 38.2. The van der Waals surface area contributed by atoms with E-state index < -0.39 is 98.2 Å². The molecule has 0 radical (unpaired) electrons. The fourth-order valence-corrected chi connectivity index (χ4v) is 8.97. The maximum atomic E-state index is 13.9. The quantitative estimate of drug-likeness (QED) is 0.00451. The summed E-state index contributed by atoms with van der Waals surface area (Å²) < 4.78 is 446. The molecule has 0 bridgehead atoms. The maximum Gasteiger partial charge on any atom is 0.561 e. The van der Waals surface area contributed by atoms with E-state index >= 15 is 0 Å². The lowest BCUT2D eigenvalue weighted by Crippen LogP contribution is -2.24. The number of halogens is 8. The summed E-state index contributed by atoms with van der Waals surface area (Å²) in [6.45, 7) is 0.383. The van der Waals surface area contributed by atoms with Crippen LogP contribution in [0, 0.1) is 40.5 Å². The molecule has 4 aliphatic heterocycles. The van der Waals surface area contributed by atoms with E-state index in [2.05, 4.69) is 4.74 Å². The minimum absolute atomic E-state index is 0.00457. The fourth-order valence-electron chi connectivity index (χ4n) is 8.72. The molecule has 4 heterocycles. The summed E-state index contributed by atoms with van der Waals surface area (Å²) >= 11 is 9.97. The highest BCUT2D eigenvalue weighted by molar-refractivity contribution is 8.19. The number of alkyl halides is 7. The molecule has 8 aromatic rings. The normalized spacial score (nSPS) is 15.5. The number of para-hydroxylation sites is 2. The van der Waals surface area contributed by atoms with Gasteiger partial charge in [-0.05, 0) is 96.6 Å². The molecule has 1 unspecified atom stereocenters. The van der Waals surface area contributed by atoms with E-state index in [1.807, 2.05) is 12.1 Å². The molecule has 9 N–H and O–H groups in total. The summed E-state index contributed by atoms with van der Waals surface area (Å²) in [4.78, 5) is 117. The van der Waals surface area contributed by atoms with Gasteiger partial charge in [0, 0.05) is 161 Å². The van der Waals surface area contributed by atoms with Gasteiger partial charge in [-0.15, -0.1) is 11.6 Å². The molecule has 0 fully saturated rings. The molecule has 8 aromatic carbocycles. The molecule has 686 valence electrons. The zero-order chi connectivity index (χ0) is 144. The minimum Gasteiger partial charge on any atom is -0.588 e. The Morgan fingerprint density at radius 3 is 1.35 bits per heavy atom. The van der Waals surface area contributed by atoms with Gasteiger partial charge in [-0.3, -0.25) is 78.5 Å². The Hall–Kier alpha value is -12.2. The highest BCUT2D eigenvalue weighted by Gasteiger charge is 2.41. The van der Waals surface area contributed by atoms with Crippen LogP contribution in [0.5, 0.6) is 46.0 Å². The van der Waals surface area contributed by atoms with Crippen molar-refractivity contribution >= 4 is 106 Å². The van der Waals surface area contributed by atoms with E-state index in [0.29, 0.717) is 46.4 Å². The average molecular weight is 1870 g/mol. The first-order chi connectivity index (χ1) is 82.6. The molecule has 4 aliphatic rings. The van der Waals surface area contributed by atoms with Crippen molar-refractivity contribution in [2.75, 3.05) is 44.6 Å². The molecule has 1 atom stereocenters. The predicted molar refractivity (Wildman–Crippen MR) is 456 cm³/mol. The number of ketones is 1. The van der Waals surface area contributed by atoms with Gasteiger partial charge in [0.2, 0.25) is 0 Å². The number of Topliss-reactive ketones (excluding diaryl/α,β-unsaturated/α-hetero) is 1. The fraction of sp³-hybridized carbons (Fsp3) is 0.232. The van der Waals surface area contributed by atoms with Crippen LogP contribution in [0.15, 0.2) is 182 Å². The van der Waals surface area contributed by atoms with Crippen molar-refractivity contribution in [3.05, 3.63) is 250 Å². The SMILES string of the molecule is Nc1ccc2c(c1)C(F)(F)CCO2.O=C(Cc1ccc2c(c1)C(F)(F)CCO2)Oc1ccccc1.O=C(Cl)Oc1ccccc1.O=C(O)CCCl.O=C(O)CCOc1ccc([N+](=O)[O-])cc1.O=C1CCOc2ccc([N+](=O)[O-])cc21.O=S(=O)(O)O.O=[N+]([O-])c1ccc(O)cc1.O=[N+]([O-])c1ccc2c(c1)C(F)(F)CCO2.O=[P+]([O-])P(=O)(O)O.[2H][2H].[2H][2H].[2H][2H].[2H][2H].[2H][2H].[2H][2H].[2H][2H].[2H][2H].[2H][2H].[2H][2H].[2H][2H].[2H][2H].[2H][2H].[2H][2H].[2H][2H].[2H][2H].[2H][2H].[2H][2H].[2H][2H].[2H][2H].[2H][2H].[2H][2H].[2H][2H].[2H][2H].[2H][2H].[2H][2H].[2H][2H].[2H][2H]. The molecule has 12 rings (SSSR count). The van der Waals surface area contributed by atoms with Crippen LogP contribution in [-0.4, -0.2) is 130 Å². The number of phenols is 1. The summed E-state index contributed by atoms with van der Waals surface area (Å²) in [5.41, 5.74) is 4.59. The van der Waals surface area contributed by atoms with E-state index in [9.17, 15) is 105 Å². The molecule has 117 heavy (non-hydrogen) atoms. The maximum absolute atomic E-state index is 13.9. The molecule has 0 saturated carbocycles. The molecular formula is C69H121Cl2F6N5O32P2S. The number of hydrogen-bond donors (Lipinski definition) is 8. The smallest absolute Gasteiger partial charge is 0.561 e. The molecule has 0 saturated heterocycles. The Bertz CT molecular complexity index is 5050. The van der Waals surface area contributed by atoms with Crippen LogP contribution in [0.1, 0.15) is 154 Å². The van der Waals surface area contributed by atoms with Gasteiger partial charge in [0.1, 0.15) is 46.0 Å². The third-order valence-electron chi connectivity index (χ3n) is 14.0. The van der Waals surface area contributed by atoms with E-state index in [4.69, 9.17) is 183 Å². The number of nitrogen functional groups attached to an aromatic ring is 1. The van der Waals surface area contributed by atoms with Crippen LogP contribution < -0.4 is 43.8 Å². The Morgan fingerprint density at radius 1 is 0.564 bits per heavy atom. The van der Waals surface area contributed by atoms with Crippen LogP contribution >= 0.6 is 38.2 Å². The third-order valence-corrected chi connectivity index (χ3v) is 15.9. The first kappa shape index (κ1) is 62.1. The number of carbonyl (C=O) groups excluding carboxylic acids is 3. The van der Waals surface area contributed by atoms with Crippen molar-refractivity contribution < 1.29 is 243 Å². The number of esters is 1. The number of carboxylic acids is 2. The van der Waals surface area contributed by atoms with Crippen LogP contribution in [0.2, 0.25) is 0 Å². The topological polar surface area (TPSA) is 581 Å². The van der Waals surface area contributed by atoms with Crippen molar-refractivity contribution in [1.82, 2.24) is 0 Å². The zero-order valence-electron chi connectivity index (χ0n) is 116. The Balaban J connectivity index is -0.0000000559. The number of rotatable bonds is 15. The van der Waals surface area contributed by atoms with Gasteiger partial charge >= 0.3 is 48.7 Å². The highest BCUT2D eigenvalue weighted by Crippen LogP contribution is 2.56. The monoisotopic (exact) mass is 1870 g/mol. The lowest BCUT2D eigenvalue weighted by Gasteiger charge is -2.25. The molecule has 0 amide bonds. The van der Waals surface area contributed by atoms with Crippen LogP contribution in [0.4, 0.5) is 59.6 Å². The second-order valence-corrected chi connectivity index (χ2v) is 28.2. The highest BCUT2D eigenvalue weighted by atomic mass is 35.5. The minimum atomic E-state index is -4.78. The molecular weight excluding hydrogens is 1690 g/mol. The summed E-state index contributed by atoms with van der Waals surface area (Å²) in [5.74, 6) is -8.73. The number of fused-ring (bicyclic) bond motifs is 4. The van der Waals surface area contributed by atoms with Crippen molar-refractivity contribution in [3.8, 4) is 46.0 Å². The Morgan fingerprint density at radius 2 is 0.940 bits per heavy atom. The van der Waals surface area contributed by atoms with Crippen LogP contribution in [0.25, 0.3) is 0 Å². The van der Waals surface area contributed by atoms with E-state index in [0.717, 1.165) is 12.1 Å². The predicted octanol–water partition coefficient (Wildman–Crippen LogP) is 21.2. The summed E-state index contributed by atoms with van der Waals surface area (Å²) in [7, 11) is -13.0. The number of carbonyl (C=O) groups is 5. The molecule has 48 heteroatoms. The summed E-state index contributed by atoms with van der Waals surface area (Å²) in [6.07, 6.45) is -0.895. The summed E-state index contributed by atoms with van der Waals surface area (Å²) in [5, 5.41) is 66.1. The van der Waals surface area contributed by atoms with Crippen molar-refractivity contribution in [1.29, 1.82) is 0 Å². The largest absolute Gasteiger partial charge is 0.588 e. The number of nitro benzene ring substituents is 4. The number of nitrogens with zero attached hydrogens (tertiary/aromatic N) is 4. The average Bonchev–Trinajstić information content (AvgIpc) is 0.795. The Kier molecular flexibility index (Phi) is 25.2. The van der Waals surface area contributed by atoms with Gasteiger partial charge in [-0.1, -0.05) is 47.0 Å². The van der Waals surface area contributed by atoms with Gasteiger partial charge in [0.15, 0.2) is 5.78 Å². The number of nitrogens with two attached hydrogens (primary N) is 1. The lowest BCUT2D eigenvalue weighted by atomic mass is 9.98. The van der Waals surface area contributed by atoms with E-state index in [1.165, 1.54) is 97.1 Å². The first-order valence-electron chi connectivity index (χ1n) is 60.3.